The van der Waals surface area contributed by atoms with Gasteiger partial charge in [0.2, 0.25) is 0 Å². The summed E-state index contributed by atoms with van der Waals surface area (Å²) >= 11 is 2.70. The number of benzene rings is 2. The second-order valence-corrected chi connectivity index (χ2v) is 12.9. The lowest BCUT2D eigenvalue weighted by Crippen LogP contribution is -2.33. The number of hydrogen-bond donors (Lipinski definition) is 4. The minimum Gasteiger partial charge on any atom is -0.481 e. The number of hydrogen-bond acceptors (Lipinski definition) is 10. The number of amides is 2. The maximum Gasteiger partial charge on any atom is 0.303 e. The van der Waals surface area contributed by atoms with Gasteiger partial charge in [-0.25, -0.2) is 9.97 Å². The van der Waals surface area contributed by atoms with Gasteiger partial charge in [-0.1, -0.05) is 81.7 Å². The number of aliphatic carboxylic acids is 1. The van der Waals surface area contributed by atoms with Crippen LogP contribution in [0.2, 0.25) is 0 Å². The Balaban J connectivity index is 0.00000169. The van der Waals surface area contributed by atoms with Crippen molar-refractivity contribution in [2.75, 3.05) is 29.6 Å². The number of nitrogens with two attached hydrogens (primary N) is 1. The van der Waals surface area contributed by atoms with Crippen molar-refractivity contribution in [3.63, 3.8) is 0 Å². The molecule has 0 bridgehead atoms. The van der Waals surface area contributed by atoms with Crippen LogP contribution >= 0.6 is 23.3 Å². The summed E-state index contributed by atoms with van der Waals surface area (Å²) in [6.07, 6.45) is 4.41. The van der Waals surface area contributed by atoms with Crippen molar-refractivity contribution in [1.82, 2.24) is 14.7 Å². The molecule has 11 nitrogen and oxygen atoms in total. The molecule has 0 aliphatic carbocycles. The lowest BCUT2D eigenvalue weighted by molar-refractivity contribution is -0.137. The van der Waals surface area contributed by atoms with E-state index in [-0.39, 0.29) is 23.9 Å². The number of nitrogens with one attached hydrogen (secondary N) is 2. The van der Waals surface area contributed by atoms with E-state index in [2.05, 4.69) is 24.9 Å². The first-order chi connectivity index (χ1) is 24.8. The van der Waals surface area contributed by atoms with Crippen LogP contribution in [0.15, 0.2) is 65.8 Å². The van der Waals surface area contributed by atoms with E-state index < -0.39 is 5.97 Å². The van der Waals surface area contributed by atoms with E-state index in [4.69, 9.17) is 15.8 Å². The average molecular weight is 732 g/mol. The van der Waals surface area contributed by atoms with Crippen LogP contribution in [-0.4, -0.2) is 57.9 Å². The SMILES string of the molecule is CC.CC.CN=C(C)/C(=C\N)c1ccc(N2CCc3cccc(C(=O)Nc4nc5ccccc5s4)c3C2)nc1C(=O)NSCCCCCC(=O)O. The van der Waals surface area contributed by atoms with Gasteiger partial charge in [0.1, 0.15) is 11.5 Å². The van der Waals surface area contributed by atoms with E-state index >= 15 is 0 Å². The molecule has 0 unspecified atom stereocenters. The molecular formula is C38H49N7O4S2. The van der Waals surface area contributed by atoms with Gasteiger partial charge >= 0.3 is 5.97 Å². The van der Waals surface area contributed by atoms with Crippen molar-refractivity contribution in [1.29, 1.82) is 0 Å². The number of anilines is 2. The number of para-hydroxylation sites is 1. The third-order valence-corrected chi connectivity index (χ3v) is 9.71. The maximum atomic E-state index is 13.5. The van der Waals surface area contributed by atoms with Crippen LogP contribution in [0.4, 0.5) is 10.9 Å². The Morgan fingerprint density at radius 1 is 0.980 bits per heavy atom. The number of aliphatic imine (C=N–C) groups is 1. The number of nitrogens with zero attached hydrogens (tertiary/aromatic N) is 4. The fourth-order valence-electron chi connectivity index (χ4n) is 5.41. The fraction of sp³-hybridized carbons (Fsp3) is 0.368. The largest absolute Gasteiger partial charge is 0.481 e. The molecule has 2 amide bonds. The average Bonchev–Trinajstić information content (AvgIpc) is 3.58. The minimum absolute atomic E-state index is 0.139. The molecule has 3 heterocycles. The van der Waals surface area contributed by atoms with Crippen LogP contribution in [0.5, 0.6) is 0 Å². The summed E-state index contributed by atoms with van der Waals surface area (Å²) in [6, 6.07) is 17.2. The highest BCUT2D eigenvalue weighted by Gasteiger charge is 2.26. The first-order valence-corrected chi connectivity index (χ1v) is 19.1. The van der Waals surface area contributed by atoms with Gasteiger partial charge in [-0.15, -0.1) is 0 Å². The number of fused-ring (bicyclic) bond motifs is 2. The van der Waals surface area contributed by atoms with Crippen LogP contribution in [0.25, 0.3) is 15.8 Å². The zero-order chi connectivity index (χ0) is 37.3. The Morgan fingerprint density at radius 2 is 1.75 bits per heavy atom. The molecule has 2 aromatic heterocycles. The minimum atomic E-state index is -0.805. The molecule has 4 aromatic rings. The molecule has 5 N–H and O–H groups in total. The third kappa shape index (κ3) is 10.9. The number of carbonyl (C=O) groups excluding carboxylic acids is 2. The van der Waals surface area contributed by atoms with Crippen LogP contribution in [0.1, 0.15) is 97.8 Å². The van der Waals surface area contributed by atoms with E-state index in [0.29, 0.717) is 65.0 Å². The molecule has 51 heavy (non-hydrogen) atoms. The molecule has 1 aliphatic rings. The Hall–Kier alpha value is -4.75. The number of pyridine rings is 1. The molecule has 13 heteroatoms. The summed E-state index contributed by atoms with van der Waals surface area (Å²) in [5, 5.41) is 12.4. The van der Waals surface area contributed by atoms with Crippen molar-refractivity contribution < 1.29 is 19.5 Å². The normalized spacial score (nSPS) is 12.5. The number of allylic oxidation sites excluding steroid dienone is 1. The molecule has 0 saturated heterocycles. The number of rotatable bonds is 13. The topological polar surface area (TPSA) is 163 Å². The molecule has 0 saturated carbocycles. The molecule has 0 radical (unpaired) electrons. The predicted octanol–water partition coefficient (Wildman–Crippen LogP) is 7.97. The number of carbonyl (C=O) groups is 3. The van der Waals surface area contributed by atoms with Gasteiger partial charge in [0.05, 0.1) is 10.2 Å². The van der Waals surface area contributed by atoms with E-state index in [1.165, 1.54) is 29.5 Å². The number of thiazole rings is 1. The van der Waals surface area contributed by atoms with Crippen LogP contribution in [0.3, 0.4) is 0 Å². The van der Waals surface area contributed by atoms with Gasteiger partial charge in [0.15, 0.2) is 5.13 Å². The summed E-state index contributed by atoms with van der Waals surface area (Å²) in [7, 11) is 1.66. The van der Waals surface area contributed by atoms with Gasteiger partial charge in [-0.3, -0.25) is 29.4 Å². The van der Waals surface area contributed by atoms with Crippen molar-refractivity contribution in [3.05, 3.63) is 88.7 Å². The van der Waals surface area contributed by atoms with Gasteiger partial charge in [0, 0.05) is 60.9 Å². The molecule has 2 aromatic carbocycles. The quantitative estimate of drug-likeness (QED) is 0.0607. The summed E-state index contributed by atoms with van der Waals surface area (Å²) in [4.78, 5) is 53.5. The Bertz CT molecular complexity index is 1820. The lowest BCUT2D eigenvalue weighted by atomic mass is 9.94. The fourth-order valence-corrected chi connectivity index (χ4v) is 6.95. The highest BCUT2D eigenvalue weighted by Crippen LogP contribution is 2.30. The van der Waals surface area contributed by atoms with E-state index in [1.54, 1.807) is 7.05 Å². The first-order valence-electron chi connectivity index (χ1n) is 17.3. The van der Waals surface area contributed by atoms with Gasteiger partial charge in [-0.05, 0) is 67.6 Å². The zero-order valence-electron chi connectivity index (χ0n) is 30.3. The highest BCUT2D eigenvalue weighted by molar-refractivity contribution is 7.97. The lowest BCUT2D eigenvalue weighted by Gasteiger charge is -2.31. The van der Waals surface area contributed by atoms with Crippen molar-refractivity contribution in [2.24, 2.45) is 10.7 Å². The summed E-state index contributed by atoms with van der Waals surface area (Å²) in [5.41, 5.74) is 11.5. The second kappa shape index (κ2) is 20.8. The monoisotopic (exact) mass is 731 g/mol. The van der Waals surface area contributed by atoms with Crippen LogP contribution in [-0.2, 0) is 17.8 Å². The number of unbranched alkanes of at least 4 members (excludes halogenated alkanes) is 2. The third-order valence-electron chi connectivity index (χ3n) is 7.94. The molecule has 0 spiro atoms. The molecule has 5 rings (SSSR count). The van der Waals surface area contributed by atoms with E-state index in [1.807, 2.05) is 89.2 Å². The van der Waals surface area contributed by atoms with Gasteiger partial charge in [-0.2, -0.15) is 0 Å². The van der Waals surface area contributed by atoms with Crippen LogP contribution < -0.4 is 20.7 Å². The zero-order valence-corrected chi connectivity index (χ0v) is 31.9. The van der Waals surface area contributed by atoms with Crippen LogP contribution in [0, 0.1) is 0 Å². The van der Waals surface area contributed by atoms with E-state index in [9.17, 15) is 14.4 Å². The predicted molar refractivity (Wildman–Crippen MR) is 213 cm³/mol. The summed E-state index contributed by atoms with van der Waals surface area (Å²) in [5.74, 6) is -0.153. The van der Waals surface area contributed by atoms with E-state index in [0.717, 1.165) is 34.2 Å². The first kappa shape index (κ1) is 40.7. The molecular weight excluding hydrogens is 683 g/mol. The summed E-state index contributed by atoms with van der Waals surface area (Å²) in [6.45, 7) is 10.9. The highest BCUT2D eigenvalue weighted by atomic mass is 32.2. The number of aromatic nitrogens is 2. The maximum absolute atomic E-state index is 13.5. The molecule has 1 aliphatic heterocycles. The second-order valence-electron chi connectivity index (χ2n) is 11.0. The Morgan fingerprint density at radius 3 is 2.45 bits per heavy atom. The smallest absolute Gasteiger partial charge is 0.303 e. The number of carboxylic acid groups (broad SMARTS) is 1. The van der Waals surface area contributed by atoms with Crippen molar-refractivity contribution >= 4 is 73.5 Å². The standard InChI is InChI=1S/C34H37N7O4S2.2C2H6/c1-21(36-2)25(19-35)23-14-15-29(38-31(23)33(45)40-46-18-7-3-4-13-30(42)43)41-17-16-22-9-8-10-24(26(22)20-41)32(44)39-34-37-27-11-5-6-12-28(27)47-34;2*1-2/h5-6,8-12,14-15,19H,3-4,7,13,16-18,20,35H2,1-2H3,(H,40,45)(H,42,43)(H,37,39,44);2*1-2H3/b25-19+,36-21?;;. The molecule has 272 valence electrons. The van der Waals surface area contributed by atoms with Crippen molar-refractivity contribution in [2.45, 2.75) is 73.3 Å². The van der Waals surface area contributed by atoms with Crippen molar-refractivity contribution in [3.8, 4) is 0 Å². The molecule has 0 atom stereocenters. The van der Waals surface area contributed by atoms with Gasteiger partial charge in [0.25, 0.3) is 11.8 Å². The van der Waals surface area contributed by atoms with Gasteiger partial charge < -0.3 is 15.7 Å². The summed E-state index contributed by atoms with van der Waals surface area (Å²) < 4.78 is 3.89. The Kier molecular flexibility index (Phi) is 16.6. The number of carboxylic acids is 1. The Labute approximate surface area is 309 Å². The molecule has 0 fully saturated rings.